The van der Waals surface area contributed by atoms with Crippen molar-refractivity contribution in [1.82, 2.24) is 0 Å². The highest BCUT2D eigenvalue weighted by molar-refractivity contribution is 6.21. The molecule has 9 aromatic carbocycles. The highest BCUT2D eigenvalue weighted by Gasteiger charge is 2.46. The van der Waals surface area contributed by atoms with Crippen molar-refractivity contribution < 1.29 is 10.6 Å². The first-order valence-electron chi connectivity index (χ1n) is 19.6. The van der Waals surface area contributed by atoms with Crippen molar-refractivity contribution in [3.63, 3.8) is 0 Å². The van der Waals surface area contributed by atoms with Gasteiger partial charge >= 0.3 is 0 Å². The van der Waals surface area contributed by atoms with E-state index in [0.717, 1.165) is 43.8 Å². The van der Waals surface area contributed by atoms with Crippen molar-refractivity contribution in [3.8, 4) is 50.3 Å². The van der Waals surface area contributed by atoms with Gasteiger partial charge in [-0.15, -0.1) is 0 Å². The Kier molecular flexibility index (Phi) is 6.02. The molecule has 244 valence electrons. The fourth-order valence-electron chi connectivity index (χ4n) is 8.65. The minimum Gasteiger partial charge on any atom is -0.507 e. The molecule has 1 aliphatic rings. The van der Waals surface area contributed by atoms with Crippen LogP contribution in [0.1, 0.15) is 27.7 Å². The average molecular weight is 667 g/mol. The van der Waals surface area contributed by atoms with Gasteiger partial charge in [-0.05, 0) is 89.3 Å². The highest BCUT2D eigenvalue weighted by atomic mass is 16.3. The summed E-state index contributed by atoms with van der Waals surface area (Å²) in [5.74, 6) is -0.454. The Labute approximate surface area is 309 Å². The van der Waals surface area contributed by atoms with Crippen molar-refractivity contribution in [1.29, 1.82) is 0 Å². The maximum atomic E-state index is 11.2. The van der Waals surface area contributed by atoms with Crippen LogP contribution in [0.15, 0.2) is 200 Å². The van der Waals surface area contributed by atoms with Crippen LogP contribution in [0.25, 0.3) is 66.1 Å². The Morgan fingerprint density at radius 3 is 1.50 bits per heavy atom. The van der Waals surface area contributed by atoms with Gasteiger partial charge in [-0.25, -0.2) is 0 Å². The van der Waals surface area contributed by atoms with Crippen LogP contribution < -0.4 is 0 Å². The molecule has 1 heteroatoms. The second-order valence-corrected chi connectivity index (χ2v) is 13.4. The van der Waals surface area contributed by atoms with Crippen molar-refractivity contribution >= 4 is 21.5 Å². The Morgan fingerprint density at radius 2 is 0.865 bits per heavy atom. The van der Waals surface area contributed by atoms with Crippen molar-refractivity contribution in [3.05, 3.63) is 222 Å². The van der Waals surface area contributed by atoms with E-state index in [1.807, 2.05) is 48.5 Å². The van der Waals surface area contributed by atoms with Gasteiger partial charge in [0, 0.05) is 11.1 Å². The fourth-order valence-corrected chi connectivity index (χ4v) is 8.65. The van der Waals surface area contributed by atoms with Crippen LogP contribution in [0.3, 0.4) is 0 Å². The fraction of sp³-hybridized carbons (Fsp3) is 0.0196. The number of aromatic hydroxyl groups is 1. The molecule has 10 rings (SSSR count). The predicted octanol–water partition coefficient (Wildman–Crippen LogP) is 13.1. The first-order valence-corrected chi connectivity index (χ1v) is 17.6. The predicted molar refractivity (Wildman–Crippen MR) is 217 cm³/mol. The maximum Gasteiger partial charge on any atom is 0.123 e. The van der Waals surface area contributed by atoms with E-state index >= 15 is 0 Å². The molecular formula is C51H34O. The first-order chi connectivity index (χ1) is 27.4. The SMILES string of the molecule is [2H]c1c([2H])c([2H])c(-c2c3ccccc3c(-c3ccc(-c4ccc5c(c4)C(c4ccccc4)(c4ccccc4)c4ccccc4-5)cc3)c3ccccc23)c(O)c1[2H]. The molecule has 0 saturated carbocycles. The molecule has 0 heterocycles. The van der Waals surface area contributed by atoms with E-state index in [0.29, 0.717) is 5.56 Å². The van der Waals surface area contributed by atoms with E-state index in [4.69, 9.17) is 5.48 Å². The number of hydrogen-bond acceptors (Lipinski definition) is 1. The van der Waals surface area contributed by atoms with E-state index in [-0.39, 0.29) is 17.6 Å². The van der Waals surface area contributed by atoms with Gasteiger partial charge in [-0.2, -0.15) is 0 Å². The molecule has 0 unspecified atom stereocenters. The first kappa shape index (κ1) is 26.2. The van der Waals surface area contributed by atoms with Gasteiger partial charge < -0.3 is 5.11 Å². The second-order valence-electron chi connectivity index (χ2n) is 13.4. The third-order valence-corrected chi connectivity index (χ3v) is 10.8. The number of rotatable bonds is 5. The monoisotopic (exact) mass is 666 g/mol. The van der Waals surface area contributed by atoms with Crippen LogP contribution in [0, 0.1) is 0 Å². The lowest BCUT2D eigenvalue weighted by molar-refractivity contribution is 0.477. The van der Waals surface area contributed by atoms with Crippen molar-refractivity contribution in [2.75, 3.05) is 0 Å². The lowest BCUT2D eigenvalue weighted by Crippen LogP contribution is -2.28. The average Bonchev–Trinajstić information content (AvgIpc) is 3.56. The Balaban J connectivity index is 1.16. The highest BCUT2D eigenvalue weighted by Crippen LogP contribution is 2.56. The van der Waals surface area contributed by atoms with E-state index in [1.54, 1.807) is 0 Å². The standard InChI is InChI=1S/C51H34O/c52-48-26-14-12-24-45(48)50-43-22-9-7-20-41(43)49(42-21-8-10-23-44(42)50)35-29-27-34(28-30-35)36-31-32-40-39-19-11-13-25-46(39)51(47(40)33-36,37-15-3-1-4-16-37)38-17-5-2-6-18-38/h1-33,52H/i12D,14D,24D,26D. The van der Waals surface area contributed by atoms with E-state index in [1.165, 1.54) is 33.4 Å². The molecule has 0 aliphatic heterocycles. The topological polar surface area (TPSA) is 20.2 Å². The zero-order chi connectivity index (χ0) is 38.1. The summed E-state index contributed by atoms with van der Waals surface area (Å²) in [6, 6.07) is 60.3. The molecule has 0 atom stereocenters. The van der Waals surface area contributed by atoms with Gasteiger partial charge in [0.2, 0.25) is 0 Å². The summed E-state index contributed by atoms with van der Waals surface area (Å²) in [6.45, 7) is 0. The number of benzene rings is 9. The maximum absolute atomic E-state index is 11.2. The number of phenols is 1. The third kappa shape index (κ3) is 4.43. The summed E-state index contributed by atoms with van der Waals surface area (Å²) in [4.78, 5) is 0. The summed E-state index contributed by atoms with van der Waals surface area (Å²) in [6.07, 6.45) is 0. The molecule has 9 aromatic rings. The molecule has 0 aromatic heterocycles. The second kappa shape index (κ2) is 12.0. The quantitative estimate of drug-likeness (QED) is 0.181. The number of para-hydroxylation sites is 1. The Bertz CT molecular complexity index is 2880. The zero-order valence-corrected chi connectivity index (χ0v) is 28.2. The number of phenolic OH excluding ortho intramolecular Hbond substituents is 1. The smallest absolute Gasteiger partial charge is 0.123 e. The lowest BCUT2D eigenvalue weighted by Gasteiger charge is -2.34. The summed E-state index contributed by atoms with van der Waals surface area (Å²) in [5.41, 5.74) is 11.9. The molecule has 0 saturated heterocycles. The minimum absolute atomic E-state index is 0.103. The van der Waals surface area contributed by atoms with Gasteiger partial charge in [0.15, 0.2) is 0 Å². The molecule has 1 nitrogen and oxygen atoms in total. The van der Waals surface area contributed by atoms with Crippen molar-refractivity contribution in [2.24, 2.45) is 0 Å². The Hall–Kier alpha value is -6.70. The summed E-state index contributed by atoms with van der Waals surface area (Å²) in [7, 11) is 0. The van der Waals surface area contributed by atoms with Crippen molar-refractivity contribution in [2.45, 2.75) is 5.41 Å². The molecule has 0 amide bonds. The molecule has 1 aliphatic carbocycles. The van der Waals surface area contributed by atoms with E-state index in [2.05, 4.69) is 127 Å². The molecule has 0 spiro atoms. The minimum atomic E-state index is -0.486. The molecule has 0 fully saturated rings. The van der Waals surface area contributed by atoms with Crippen LogP contribution in [0.2, 0.25) is 0 Å². The molecule has 52 heavy (non-hydrogen) atoms. The zero-order valence-electron chi connectivity index (χ0n) is 32.2. The van der Waals surface area contributed by atoms with Gasteiger partial charge in [0.05, 0.1) is 10.9 Å². The third-order valence-electron chi connectivity index (χ3n) is 10.8. The lowest BCUT2D eigenvalue weighted by atomic mass is 9.67. The van der Waals surface area contributed by atoms with Gasteiger partial charge in [-0.1, -0.05) is 188 Å². The largest absolute Gasteiger partial charge is 0.507 e. The Morgan fingerprint density at radius 1 is 0.385 bits per heavy atom. The van der Waals surface area contributed by atoms with Gasteiger partial charge in [0.1, 0.15) is 5.75 Å². The normalized spacial score (nSPS) is 13.9. The summed E-state index contributed by atoms with van der Waals surface area (Å²) >= 11 is 0. The molecule has 0 bridgehead atoms. The van der Waals surface area contributed by atoms with Crippen LogP contribution in [-0.4, -0.2) is 5.11 Å². The number of fused-ring (bicyclic) bond motifs is 5. The van der Waals surface area contributed by atoms with Crippen LogP contribution in [-0.2, 0) is 5.41 Å². The molecule has 1 N–H and O–H groups in total. The van der Waals surface area contributed by atoms with Crippen LogP contribution in [0.4, 0.5) is 0 Å². The molecular weight excluding hydrogens is 629 g/mol. The van der Waals surface area contributed by atoms with Crippen LogP contribution >= 0.6 is 0 Å². The van der Waals surface area contributed by atoms with E-state index in [9.17, 15) is 5.11 Å². The summed E-state index contributed by atoms with van der Waals surface area (Å²) < 4.78 is 33.8. The van der Waals surface area contributed by atoms with Gasteiger partial charge in [0.25, 0.3) is 0 Å². The molecule has 0 radical (unpaired) electrons. The van der Waals surface area contributed by atoms with Gasteiger partial charge in [-0.3, -0.25) is 0 Å². The number of hydrogen-bond donors (Lipinski definition) is 1. The van der Waals surface area contributed by atoms with Crippen LogP contribution in [0.5, 0.6) is 5.75 Å². The summed E-state index contributed by atoms with van der Waals surface area (Å²) in [5, 5.41) is 14.7. The van der Waals surface area contributed by atoms with E-state index < -0.39 is 23.2 Å².